The van der Waals surface area contributed by atoms with Gasteiger partial charge in [0.05, 0.1) is 18.0 Å². The molecule has 0 radical (unpaired) electrons. The Morgan fingerprint density at radius 1 is 1.31 bits per heavy atom. The number of nitrogens with zero attached hydrogens (tertiary/aromatic N) is 2. The molecule has 2 aromatic rings. The lowest BCUT2D eigenvalue weighted by Crippen LogP contribution is -2.38. The van der Waals surface area contributed by atoms with Crippen molar-refractivity contribution in [2.75, 3.05) is 25.0 Å². The van der Waals surface area contributed by atoms with Gasteiger partial charge in [-0.1, -0.05) is 25.5 Å². The number of thiazole rings is 1. The molecule has 2 N–H and O–H groups in total. The molecule has 0 bridgehead atoms. The van der Waals surface area contributed by atoms with Crippen molar-refractivity contribution in [1.82, 2.24) is 9.88 Å². The first-order valence-corrected chi connectivity index (χ1v) is 10.9. The molecule has 0 aliphatic carbocycles. The second kappa shape index (κ2) is 10.2. The number of para-hydroxylation sites is 1. The van der Waals surface area contributed by atoms with Gasteiger partial charge in [-0.3, -0.25) is 5.32 Å². The number of rotatable bonds is 7. The molecule has 3 rings (SSSR count). The van der Waals surface area contributed by atoms with Gasteiger partial charge in [-0.05, 0) is 43.7 Å². The number of likely N-dealkylation sites (tertiary alicyclic amines) is 1. The fourth-order valence-corrected chi connectivity index (χ4v) is 4.21. The van der Waals surface area contributed by atoms with E-state index >= 15 is 0 Å². The van der Waals surface area contributed by atoms with E-state index in [0.717, 1.165) is 35.5 Å². The molecule has 1 aliphatic rings. The van der Waals surface area contributed by atoms with Crippen molar-refractivity contribution < 1.29 is 19.4 Å². The minimum Gasteiger partial charge on any atom is -0.465 e. The molecule has 1 aliphatic heterocycles. The van der Waals surface area contributed by atoms with E-state index in [9.17, 15) is 9.59 Å². The topological polar surface area (TPSA) is 91.8 Å². The number of carbonyl (C=O) groups is 2. The van der Waals surface area contributed by atoms with Crippen LogP contribution in [0.2, 0.25) is 0 Å². The Balaban J connectivity index is 1.54. The minimum absolute atomic E-state index is 0.187. The number of anilines is 1. The van der Waals surface area contributed by atoms with E-state index in [2.05, 4.69) is 17.6 Å². The lowest BCUT2D eigenvalue weighted by molar-refractivity contribution is 0.0948. The number of hydrogen-bond donors (Lipinski definition) is 2. The van der Waals surface area contributed by atoms with Crippen molar-refractivity contribution in [3.8, 4) is 10.6 Å². The van der Waals surface area contributed by atoms with Gasteiger partial charge in [0.1, 0.15) is 5.01 Å². The number of amides is 2. The van der Waals surface area contributed by atoms with E-state index in [1.54, 1.807) is 11.3 Å². The first-order valence-electron chi connectivity index (χ1n) is 10.0. The standard InChI is InChI=1S/C21H27N3O4S/c1-2-3-6-16-14-29-19(22-16)17-7-4-5-8-18(17)23-20(25)28-13-15-9-11-24(12-10-15)21(26)27/h4-5,7-8,14-15H,2-3,6,9-13H2,1H3,(H,23,25)(H,26,27). The van der Waals surface area contributed by atoms with Crippen molar-refractivity contribution >= 4 is 29.2 Å². The normalized spacial score (nSPS) is 14.6. The Hall–Kier alpha value is -2.61. The Morgan fingerprint density at radius 2 is 2.07 bits per heavy atom. The van der Waals surface area contributed by atoms with E-state index in [1.165, 1.54) is 4.90 Å². The summed E-state index contributed by atoms with van der Waals surface area (Å²) in [5.74, 6) is 0.187. The molecule has 29 heavy (non-hydrogen) atoms. The molecular formula is C21H27N3O4S. The number of piperidine rings is 1. The van der Waals surface area contributed by atoms with Crippen LogP contribution < -0.4 is 5.32 Å². The minimum atomic E-state index is -0.890. The van der Waals surface area contributed by atoms with Gasteiger partial charge in [0.25, 0.3) is 0 Å². The Bertz CT molecular complexity index is 831. The highest BCUT2D eigenvalue weighted by Crippen LogP contribution is 2.31. The summed E-state index contributed by atoms with van der Waals surface area (Å²) in [6, 6.07) is 7.58. The van der Waals surface area contributed by atoms with Crippen molar-refractivity contribution in [2.45, 2.75) is 39.0 Å². The number of hydrogen-bond acceptors (Lipinski definition) is 5. The quantitative estimate of drug-likeness (QED) is 0.655. The molecule has 0 unspecified atom stereocenters. The Kier molecular flexibility index (Phi) is 7.46. The zero-order valence-corrected chi connectivity index (χ0v) is 17.4. The second-order valence-electron chi connectivity index (χ2n) is 7.23. The Labute approximate surface area is 174 Å². The zero-order valence-electron chi connectivity index (χ0n) is 16.6. The third kappa shape index (κ3) is 5.93. The average molecular weight is 418 g/mol. The highest BCUT2D eigenvalue weighted by atomic mass is 32.1. The molecule has 7 nitrogen and oxygen atoms in total. The number of carbonyl (C=O) groups excluding carboxylic acids is 1. The van der Waals surface area contributed by atoms with E-state index in [4.69, 9.17) is 14.8 Å². The summed E-state index contributed by atoms with van der Waals surface area (Å²) >= 11 is 1.58. The van der Waals surface area contributed by atoms with Crippen LogP contribution in [0.5, 0.6) is 0 Å². The van der Waals surface area contributed by atoms with Crippen LogP contribution in [0, 0.1) is 5.92 Å². The van der Waals surface area contributed by atoms with Gasteiger partial charge in [-0.25, -0.2) is 14.6 Å². The van der Waals surface area contributed by atoms with Gasteiger partial charge in [-0.2, -0.15) is 0 Å². The fourth-order valence-electron chi connectivity index (χ4n) is 3.31. The summed E-state index contributed by atoms with van der Waals surface area (Å²) in [5, 5.41) is 14.8. The third-order valence-corrected chi connectivity index (χ3v) is 5.99. The smallest absolute Gasteiger partial charge is 0.411 e. The highest BCUT2D eigenvalue weighted by molar-refractivity contribution is 7.13. The van der Waals surface area contributed by atoms with Gasteiger partial charge < -0.3 is 14.7 Å². The monoisotopic (exact) mass is 417 g/mol. The van der Waals surface area contributed by atoms with Crippen LogP contribution in [0.4, 0.5) is 15.3 Å². The van der Waals surface area contributed by atoms with Crippen LogP contribution in [0.1, 0.15) is 38.3 Å². The molecule has 1 aromatic heterocycles. The number of ether oxygens (including phenoxy) is 1. The summed E-state index contributed by atoms with van der Waals surface area (Å²) in [6.07, 6.45) is 3.23. The first-order chi connectivity index (χ1) is 14.1. The van der Waals surface area contributed by atoms with Crippen molar-refractivity contribution in [2.24, 2.45) is 5.92 Å². The van der Waals surface area contributed by atoms with Gasteiger partial charge >= 0.3 is 12.2 Å². The van der Waals surface area contributed by atoms with Crippen LogP contribution >= 0.6 is 11.3 Å². The van der Waals surface area contributed by atoms with Crippen LogP contribution in [0.25, 0.3) is 10.6 Å². The summed E-state index contributed by atoms with van der Waals surface area (Å²) < 4.78 is 5.40. The summed E-state index contributed by atoms with van der Waals surface area (Å²) in [7, 11) is 0. The number of unbranched alkanes of at least 4 members (excludes halogenated alkanes) is 1. The SMILES string of the molecule is CCCCc1csc(-c2ccccc2NC(=O)OCC2CCN(C(=O)O)CC2)n1. The molecule has 2 heterocycles. The number of carboxylic acid groups (broad SMARTS) is 1. The van der Waals surface area contributed by atoms with Crippen LogP contribution in [0.15, 0.2) is 29.6 Å². The maximum absolute atomic E-state index is 12.3. The largest absolute Gasteiger partial charge is 0.465 e. The van der Waals surface area contributed by atoms with Gasteiger partial charge in [-0.15, -0.1) is 11.3 Å². The van der Waals surface area contributed by atoms with Crippen molar-refractivity contribution in [3.63, 3.8) is 0 Å². The highest BCUT2D eigenvalue weighted by Gasteiger charge is 2.23. The number of nitrogens with one attached hydrogen (secondary N) is 1. The van der Waals surface area contributed by atoms with E-state index in [0.29, 0.717) is 38.2 Å². The Morgan fingerprint density at radius 3 is 2.79 bits per heavy atom. The molecule has 2 amide bonds. The predicted molar refractivity (Wildman–Crippen MR) is 113 cm³/mol. The van der Waals surface area contributed by atoms with Gasteiger partial charge in [0.15, 0.2) is 0 Å². The molecular weight excluding hydrogens is 390 g/mol. The van der Waals surface area contributed by atoms with E-state index in [1.807, 2.05) is 24.3 Å². The third-order valence-electron chi connectivity index (χ3n) is 5.07. The molecule has 8 heteroatoms. The van der Waals surface area contributed by atoms with Crippen molar-refractivity contribution in [1.29, 1.82) is 0 Å². The number of aryl methyl sites for hydroxylation is 1. The second-order valence-corrected chi connectivity index (χ2v) is 8.09. The lowest BCUT2D eigenvalue weighted by Gasteiger charge is -2.29. The molecule has 0 saturated carbocycles. The summed E-state index contributed by atoms with van der Waals surface area (Å²) in [4.78, 5) is 29.4. The molecule has 0 spiro atoms. The fraction of sp³-hybridized carbons (Fsp3) is 0.476. The average Bonchev–Trinajstić information content (AvgIpc) is 3.20. The summed E-state index contributed by atoms with van der Waals surface area (Å²) in [5.41, 5.74) is 2.64. The van der Waals surface area contributed by atoms with E-state index < -0.39 is 12.2 Å². The molecule has 156 valence electrons. The molecule has 1 aromatic carbocycles. The van der Waals surface area contributed by atoms with E-state index in [-0.39, 0.29) is 5.92 Å². The molecule has 1 saturated heterocycles. The van der Waals surface area contributed by atoms with Crippen LogP contribution in [-0.4, -0.2) is 46.9 Å². The zero-order chi connectivity index (χ0) is 20.6. The van der Waals surface area contributed by atoms with Gasteiger partial charge in [0, 0.05) is 24.0 Å². The maximum Gasteiger partial charge on any atom is 0.411 e. The molecule has 1 fully saturated rings. The maximum atomic E-state index is 12.3. The van der Waals surface area contributed by atoms with Crippen LogP contribution in [-0.2, 0) is 11.2 Å². The first kappa shape index (κ1) is 21.1. The number of benzene rings is 1. The summed E-state index contributed by atoms with van der Waals surface area (Å²) in [6.45, 7) is 3.42. The van der Waals surface area contributed by atoms with Gasteiger partial charge in [0.2, 0.25) is 0 Å². The number of aromatic nitrogens is 1. The molecule has 0 atom stereocenters. The van der Waals surface area contributed by atoms with Crippen molar-refractivity contribution in [3.05, 3.63) is 35.3 Å². The predicted octanol–water partition coefficient (Wildman–Crippen LogP) is 5.09. The lowest BCUT2D eigenvalue weighted by atomic mass is 9.98. The van der Waals surface area contributed by atoms with Crippen LogP contribution in [0.3, 0.4) is 0 Å².